The van der Waals surface area contributed by atoms with E-state index in [2.05, 4.69) is 18.0 Å². The maximum atomic E-state index is 12.9. The molecule has 1 saturated heterocycles. The summed E-state index contributed by atoms with van der Waals surface area (Å²) in [7, 11) is 0. The van der Waals surface area contributed by atoms with Crippen molar-refractivity contribution in [3.63, 3.8) is 0 Å². The highest BCUT2D eigenvalue weighted by atomic mass is 16.2. The Bertz CT molecular complexity index is 831. The van der Waals surface area contributed by atoms with E-state index in [1.807, 2.05) is 17.0 Å². The molecule has 5 heteroatoms. The Morgan fingerprint density at radius 2 is 1.84 bits per heavy atom. The molecule has 2 aromatic rings. The molecule has 25 heavy (non-hydrogen) atoms. The van der Waals surface area contributed by atoms with Gasteiger partial charge in [0, 0.05) is 55.3 Å². The molecule has 2 amide bonds. The average Bonchev–Trinajstić information content (AvgIpc) is 2.98. The van der Waals surface area contributed by atoms with Gasteiger partial charge in [-0.3, -0.25) is 9.59 Å². The molecule has 1 fully saturated rings. The molecule has 1 aromatic carbocycles. The SMILES string of the molecule is CC(=O)N1CCN(C(=O)c2ccc3[nH]c4c(c3c2)CC(C)CC4)CC1. The summed E-state index contributed by atoms with van der Waals surface area (Å²) >= 11 is 0. The Labute approximate surface area is 148 Å². The molecule has 1 N–H and O–H groups in total. The number of piperazine rings is 1. The molecule has 1 aliphatic heterocycles. The summed E-state index contributed by atoms with van der Waals surface area (Å²) in [5.41, 5.74) is 4.62. The lowest BCUT2D eigenvalue weighted by atomic mass is 9.87. The molecule has 0 radical (unpaired) electrons. The number of H-pyrrole nitrogens is 1. The van der Waals surface area contributed by atoms with Gasteiger partial charge in [0.2, 0.25) is 5.91 Å². The molecule has 0 spiro atoms. The molecule has 2 aliphatic rings. The number of hydrogen-bond donors (Lipinski definition) is 1. The second-order valence-corrected chi connectivity index (χ2v) is 7.49. The Morgan fingerprint density at radius 3 is 2.56 bits per heavy atom. The first-order valence-corrected chi connectivity index (χ1v) is 9.21. The van der Waals surface area contributed by atoms with Crippen molar-refractivity contribution in [2.45, 2.75) is 33.1 Å². The molecule has 1 aromatic heterocycles. The number of amides is 2. The van der Waals surface area contributed by atoms with Gasteiger partial charge in [-0.25, -0.2) is 0 Å². The van der Waals surface area contributed by atoms with Crippen molar-refractivity contribution < 1.29 is 9.59 Å². The van der Waals surface area contributed by atoms with Gasteiger partial charge < -0.3 is 14.8 Å². The minimum Gasteiger partial charge on any atom is -0.358 e. The Hall–Kier alpha value is -2.30. The molecular formula is C20H25N3O2. The molecule has 4 rings (SSSR count). The first kappa shape index (κ1) is 16.2. The van der Waals surface area contributed by atoms with E-state index in [9.17, 15) is 9.59 Å². The number of carbonyl (C=O) groups excluding carboxylic acids is 2. The highest BCUT2D eigenvalue weighted by Gasteiger charge is 2.25. The lowest BCUT2D eigenvalue weighted by Gasteiger charge is -2.34. The fraction of sp³-hybridized carbons (Fsp3) is 0.500. The number of rotatable bonds is 1. The van der Waals surface area contributed by atoms with Gasteiger partial charge in [0.15, 0.2) is 0 Å². The second kappa shape index (κ2) is 6.21. The van der Waals surface area contributed by atoms with E-state index in [0.717, 1.165) is 23.9 Å². The third-order valence-corrected chi connectivity index (χ3v) is 5.69. The molecule has 0 bridgehead atoms. The number of aryl methyl sites for hydroxylation is 1. The zero-order valence-electron chi connectivity index (χ0n) is 15.0. The van der Waals surface area contributed by atoms with E-state index >= 15 is 0 Å². The van der Waals surface area contributed by atoms with E-state index in [1.165, 1.54) is 23.1 Å². The number of aromatic nitrogens is 1. The van der Waals surface area contributed by atoms with Crippen molar-refractivity contribution in [3.8, 4) is 0 Å². The quantitative estimate of drug-likeness (QED) is 0.868. The summed E-state index contributed by atoms with van der Waals surface area (Å²) in [5, 5.41) is 1.20. The van der Waals surface area contributed by atoms with Crippen LogP contribution in [0.4, 0.5) is 0 Å². The number of fused-ring (bicyclic) bond motifs is 3. The molecule has 1 unspecified atom stereocenters. The van der Waals surface area contributed by atoms with Gasteiger partial charge in [-0.05, 0) is 48.9 Å². The molecule has 2 heterocycles. The van der Waals surface area contributed by atoms with E-state index in [4.69, 9.17) is 0 Å². The van der Waals surface area contributed by atoms with E-state index < -0.39 is 0 Å². The van der Waals surface area contributed by atoms with E-state index in [1.54, 1.807) is 11.8 Å². The van der Waals surface area contributed by atoms with E-state index in [0.29, 0.717) is 32.1 Å². The molecule has 1 aliphatic carbocycles. The van der Waals surface area contributed by atoms with Crippen LogP contribution in [0.15, 0.2) is 18.2 Å². The first-order chi connectivity index (χ1) is 12.0. The monoisotopic (exact) mass is 339 g/mol. The van der Waals surface area contributed by atoms with Crippen LogP contribution in [0.25, 0.3) is 10.9 Å². The van der Waals surface area contributed by atoms with Gasteiger partial charge in [-0.1, -0.05) is 6.92 Å². The fourth-order valence-corrected chi connectivity index (χ4v) is 4.13. The van der Waals surface area contributed by atoms with Gasteiger partial charge >= 0.3 is 0 Å². The van der Waals surface area contributed by atoms with Crippen LogP contribution in [0.2, 0.25) is 0 Å². The van der Waals surface area contributed by atoms with Gasteiger partial charge in [0.05, 0.1) is 0 Å². The maximum Gasteiger partial charge on any atom is 0.253 e. The van der Waals surface area contributed by atoms with Crippen molar-refractivity contribution in [2.75, 3.05) is 26.2 Å². The molecular weight excluding hydrogens is 314 g/mol. The third kappa shape index (κ3) is 2.92. The summed E-state index contributed by atoms with van der Waals surface area (Å²) < 4.78 is 0. The van der Waals surface area contributed by atoms with Crippen LogP contribution in [0.1, 0.15) is 41.9 Å². The predicted octanol–water partition coefficient (Wildman–Crippen LogP) is 2.60. The fourth-order valence-electron chi connectivity index (χ4n) is 4.13. The van der Waals surface area contributed by atoms with Crippen molar-refractivity contribution in [1.29, 1.82) is 0 Å². The van der Waals surface area contributed by atoms with Gasteiger partial charge in [-0.15, -0.1) is 0 Å². The maximum absolute atomic E-state index is 12.9. The van der Waals surface area contributed by atoms with Crippen LogP contribution in [0.5, 0.6) is 0 Å². The van der Waals surface area contributed by atoms with Crippen molar-refractivity contribution in [3.05, 3.63) is 35.0 Å². The Balaban J connectivity index is 1.58. The largest absolute Gasteiger partial charge is 0.358 e. The molecule has 5 nitrogen and oxygen atoms in total. The second-order valence-electron chi connectivity index (χ2n) is 7.49. The van der Waals surface area contributed by atoms with Crippen molar-refractivity contribution in [1.82, 2.24) is 14.8 Å². The highest BCUT2D eigenvalue weighted by molar-refractivity contribution is 5.99. The number of hydrogen-bond acceptors (Lipinski definition) is 2. The lowest BCUT2D eigenvalue weighted by Crippen LogP contribution is -2.50. The Kier molecular flexibility index (Phi) is 4.02. The summed E-state index contributed by atoms with van der Waals surface area (Å²) in [6.45, 7) is 6.35. The standard InChI is InChI=1S/C20H25N3O2/c1-13-3-5-18-16(11-13)17-12-15(4-6-19(17)21-18)20(25)23-9-7-22(8-10-23)14(2)24/h4,6,12-13,21H,3,5,7-11H2,1-2H3. The minimum absolute atomic E-state index is 0.0731. The lowest BCUT2D eigenvalue weighted by molar-refractivity contribution is -0.130. The summed E-state index contributed by atoms with van der Waals surface area (Å²) in [5.74, 6) is 0.857. The van der Waals surface area contributed by atoms with Crippen molar-refractivity contribution in [2.24, 2.45) is 5.92 Å². The van der Waals surface area contributed by atoms with Gasteiger partial charge in [-0.2, -0.15) is 0 Å². The highest BCUT2D eigenvalue weighted by Crippen LogP contribution is 2.32. The van der Waals surface area contributed by atoms with Gasteiger partial charge in [0.1, 0.15) is 0 Å². The number of carbonyl (C=O) groups is 2. The zero-order chi connectivity index (χ0) is 17.6. The summed E-state index contributed by atoms with van der Waals surface area (Å²) in [6, 6.07) is 6.02. The number of aromatic amines is 1. The Morgan fingerprint density at radius 1 is 1.12 bits per heavy atom. The summed E-state index contributed by atoms with van der Waals surface area (Å²) in [4.78, 5) is 31.5. The van der Waals surface area contributed by atoms with Crippen LogP contribution in [-0.4, -0.2) is 52.8 Å². The number of benzene rings is 1. The molecule has 132 valence electrons. The van der Waals surface area contributed by atoms with Crippen LogP contribution >= 0.6 is 0 Å². The summed E-state index contributed by atoms with van der Waals surface area (Å²) in [6.07, 6.45) is 3.41. The van der Waals surface area contributed by atoms with Crippen LogP contribution in [0, 0.1) is 5.92 Å². The van der Waals surface area contributed by atoms with E-state index in [-0.39, 0.29) is 11.8 Å². The smallest absolute Gasteiger partial charge is 0.253 e. The molecule has 1 atom stereocenters. The topological polar surface area (TPSA) is 56.4 Å². The molecule has 0 saturated carbocycles. The number of nitrogens with zero attached hydrogens (tertiary/aromatic N) is 2. The van der Waals surface area contributed by atoms with Crippen LogP contribution < -0.4 is 0 Å². The average molecular weight is 339 g/mol. The third-order valence-electron chi connectivity index (χ3n) is 5.69. The van der Waals surface area contributed by atoms with Crippen LogP contribution in [-0.2, 0) is 17.6 Å². The minimum atomic E-state index is 0.0731. The first-order valence-electron chi connectivity index (χ1n) is 9.21. The number of nitrogens with one attached hydrogen (secondary N) is 1. The zero-order valence-corrected chi connectivity index (χ0v) is 15.0. The predicted molar refractivity (Wildman–Crippen MR) is 97.6 cm³/mol. The normalized spacial score (nSPS) is 20.6. The van der Waals surface area contributed by atoms with Crippen molar-refractivity contribution >= 4 is 22.7 Å². The van der Waals surface area contributed by atoms with Crippen LogP contribution in [0.3, 0.4) is 0 Å². The van der Waals surface area contributed by atoms with Gasteiger partial charge in [0.25, 0.3) is 5.91 Å².